The van der Waals surface area contributed by atoms with Crippen LogP contribution in [0.1, 0.15) is 32.4 Å². The molecule has 1 N–H and O–H groups in total. The third-order valence-corrected chi connectivity index (χ3v) is 4.81. The van der Waals surface area contributed by atoms with E-state index in [0.29, 0.717) is 6.61 Å². The van der Waals surface area contributed by atoms with Crippen LogP contribution in [0, 0.1) is 11.8 Å². The summed E-state index contributed by atoms with van der Waals surface area (Å²) in [6.45, 7) is 5.80. The molecule has 5 nitrogen and oxygen atoms in total. The van der Waals surface area contributed by atoms with E-state index in [2.05, 4.69) is 5.32 Å². The molecular weight excluding hydrogens is 342 g/mol. The van der Waals surface area contributed by atoms with Crippen molar-refractivity contribution in [2.45, 2.75) is 32.7 Å². The normalized spacial score (nSPS) is 23.4. The molecule has 1 fully saturated rings. The summed E-state index contributed by atoms with van der Waals surface area (Å²) < 4.78 is 38.6. The number of halogens is 2. The molecule has 3 unspecified atom stereocenters. The van der Waals surface area contributed by atoms with Crippen LogP contribution >= 0.6 is 0 Å². The summed E-state index contributed by atoms with van der Waals surface area (Å²) in [5, 5.41) is 2.90. The van der Waals surface area contributed by atoms with E-state index in [1.54, 1.807) is 7.11 Å². The van der Waals surface area contributed by atoms with Crippen molar-refractivity contribution in [1.82, 2.24) is 10.2 Å². The number of amides is 2. The van der Waals surface area contributed by atoms with Crippen LogP contribution in [0.4, 0.5) is 13.6 Å². The Morgan fingerprint density at radius 1 is 1.27 bits per heavy atom. The third kappa shape index (κ3) is 4.63. The van der Waals surface area contributed by atoms with Crippen molar-refractivity contribution in [3.63, 3.8) is 0 Å². The zero-order valence-electron chi connectivity index (χ0n) is 15.8. The van der Waals surface area contributed by atoms with E-state index in [9.17, 15) is 13.6 Å². The Morgan fingerprint density at radius 3 is 2.35 bits per heavy atom. The monoisotopic (exact) mass is 370 g/mol. The quantitative estimate of drug-likeness (QED) is 0.831. The van der Waals surface area contributed by atoms with Crippen molar-refractivity contribution in [3.05, 3.63) is 29.8 Å². The Labute approximate surface area is 153 Å². The second-order valence-electron chi connectivity index (χ2n) is 6.84. The number of piperidine rings is 1. The zero-order chi connectivity index (χ0) is 19.3. The minimum Gasteiger partial charge on any atom is -0.494 e. The summed E-state index contributed by atoms with van der Waals surface area (Å²) in [5.41, 5.74) is 0.868. The van der Waals surface area contributed by atoms with Gasteiger partial charge < -0.3 is 19.7 Å². The number of ether oxygens (including phenoxy) is 2. The lowest BCUT2D eigenvalue weighted by Gasteiger charge is -2.41. The maximum absolute atomic E-state index is 14.0. The first kappa shape index (κ1) is 20.4. The number of nitrogens with one attached hydrogen (secondary N) is 1. The summed E-state index contributed by atoms with van der Waals surface area (Å²) in [6.07, 6.45) is 0. The van der Waals surface area contributed by atoms with E-state index >= 15 is 0 Å². The number of methoxy groups -OCH3 is 1. The topological polar surface area (TPSA) is 50.8 Å². The lowest BCUT2D eigenvalue weighted by Crippen LogP contribution is -2.56. The summed E-state index contributed by atoms with van der Waals surface area (Å²) in [6, 6.07) is 6.68. The fourth-order valence-electron chi connectivity index (χ4n) is 3.22. The van der Waals surface area contributed by atoms with Crippen LogP contribution in [-0.2, 0) is 4.74 Å². The minimum atomic E-state index is -2.75. The van der Waals surface area contributed by atoms with Gasteiger partial charge in [-0.25, -0.2) is 13.6 Å². The predicted molar refractivity (Wildman–Crippen MR) is 95.6 cm³/mol. The van der Waals surface area contributed by atoms with Gasteiger partial charge in [0.2, 0.25) is 0 Å². The summed E-state index contributed by atoms with van der Waals surface area (Å²) >= 11 is 0. The van der Waals surface area contributed by atoms with Gasteiger partial charge >= 0.3 is 6.03 Å². The van der Waals surface area contributed by atoms with Gasteiger partial charge in [0.25, 0.3) is 5.92 Å². The second-order valence-corrected chi connectivity index (χ2v) is 6.84. The third-order valence-electron chi connectivity index (χ3n) is 4.81. The molecular formula is C19H28F2N2O3. The van der Waals surface area contributed by atoms with Gasteiger partial charge in [-0.05, 0) is 24.6 Å². The molecule has 2 rings (SSSR count). The number of rotatable bonds is 6. The molecule has 26 heavy (non-hydrogen) atoms. The highest BCUT2D eigenvalue weighted by molar-refractivity contribution is 5.75. The number of alkyl halides is 2. The van der Waals surface area contributed by atoms with Crippen molar-refractivity contribution in [1.29, 1.82) is 0 Å². The largest absolute Gasteiger partial charge is 0.494 e. The van der Waals surface area contributed by atoms with Gasteiger partial charge in [0.15, 0.2) is 0 Å². The standard InChI is InChI=1S/C19H28F2N2O3/c1-5-26-16-8-6-15(7-9-16)17(12-25-4)22-18(24)23-10-13(2)19(20,21)14(3)11-23/h6-9,13-14,17H,5,10-12H2,1-4H3,(H,22,24). The molecule has 1 heterocycles. The van der Waals surface area contributed by atoms with Crippen LogP contribution in [0.2, 0.25) is 0 Å². The fraction of sp³-hybridized carbons (Fsp3) is 0.632. The number of carbonyl (C=O) groups excluding carboxylic acids is 1. The van der Waals surface area contributed by atoms with Crippen LogP contribution in [0.25, 0.3) is 0 Å². The Morgan fingerprint density at radius 2 is 1.85 bits per heavy atom. The van der Waals surface area contributed by atoms with Gasteiger partial charge in [-0.15, -0.1) is 0 Å². The molecule has 0 aliphatic carbocycles. The highest BCUT2D eigenvalue weighted by Gasteiger charge is 2.48. The molecule has 146 valence electrons. The molecule has 0 bridgehead atoms. The Balaban J connectivity index is 2.06. The molecule has 1 aliphatic rings. The summed E-state index contributed by atoms with van der Waals surface area (Å²) in [4.78, 5) is 14.1. The molecule has 0 spiro atoms. The molecule has 0 saturated carbocycles. The molecule has 1 aromatic carbocycles. The van der Waals surface area contributed by atoms with Gasteiger partial charge in [0.1, 0.15) is 5.75 Å². The SMILES string of the molecule is CCOc1ccc(C(COC)NC(=O)N2CC(C)C(F)(F)C(C)C2)cc1. The van der Waals surface area contributed by atoms with E-state index in [1.807, 2.05) is 31.2 Å². The molecule has 0 aromatic heterocycles. The maximum atomic E-state index is 14.0. The van der Waals surface area contributed by atoms with Crippen LogP contribution in [0.5, 0.6) is 5.75 Å². The molecule has 7 heteroatoms. The van der Waals surface area contributed by atoms with Crippen molar-refractivity contribution in [2.75, 3.05) is 33.4 Å². The smallest absolute Gasteiger partial charge is 0.317 e. The van der Waals surface area contributed by atoms with Crippen molar-refractivity contribution in [3.8, 4) is 5.75 Å². The average molecular weight is 370 g/mol. The second kappa shape index (κ2) is 8.66. The highest BCUT2D eigenvalue weighted by Crippen LogP contribution is 2.37. The highest BCUT2D eigenvalue weighted by atomic mass is 19.3. The van der Waals surface area contributed by atoms with E-state index in [1.165, 1.54) is 18.7 Å². The Hall–Kier alpha value is -1.89. The van der Waals surface area contributed by atoms with Crippen LogP contribution in [-0.4, -0.2) is 50.3 Å². The molecule has 1 saturated heterocycles. The molecule has 1 aliphatic heterocycles. The van der Waals surface area contributed by atoms with E-state index in [4.69, 9.17) is 9.47 Å². The molecule has 1 aromatic rings. The fourth-order valence-corrected chi connectivity index (χ4v) is 3.22. The van der Waals surface area contributed by atoms with E-state index in [-0.39, 0.29) is 31.8 Å². The number of likely N-dealkylation sites (tertiary alicyclic amines) is 1. The van der Waals surface area contributed by atoms with Crippen molar-refractivity contribution >= 4 is 6.03 Å². The van der Waals surface area contributed by atoms with Gasteiger partial charge in [-0.3, -0.25) is 0 Å². The van der Waals surface area contributed by atoms with Gasteiger partial charge in [0, 0.05) is 32.0 Å². The number of nitrogens with zero attached hydrogens (tertiary/aromatic N) is 1. The Bertz CT molecular complexity index is 581. The number of benzene rings is 1. The number of urea groups is 1. The first-order valence-corrected chi connectivity index (χ1v) is 8.94. The lowest BCUT2D eigenvalue weighted by atomic mass is 9.87. The minimum absolute atomic E-state index is 0.0339. The average Bonchev–Trinajstić information content (AvgIpc) is 2.60. The molecule has 0 radical (unpaired) electrons. The summed E-state index contributed by atoms with van der Waals surface area (Å²) in [7, 11) is 1.55. The van der Waals surface area contributed by atoms with Crippen molar-refractivity contribution < 1.29 is 23.0 Å². The van der Waals surface area contributed by atoms with Gasteiger partial charge in [0.05, 0.1) is 19.3 Å². The maximum Gasteiger partial charge on any atom is 0.317 e. The van der Waals surface area contributed by atoms with Gasteiger partial charge in [-0.2, -0.15) is 0 Å². The van der Waals surface area contributed by atoms with Gasteiger partial charge in [-0.1, -0.05) is 26.0 Å². The number of hydrogen-bond acceptors (Lipinski definition) is 3. The van der Waals surface area contributed by atoms with Crippen LogP contribution in [0.15, 0.2) is 24.3 Å². The lowest BCUT2D eigenvalue weighted by molar-refractivity contribution is -0.131. The van der Waals surface area contributed by atoms with E-state index in [0.717, 1.165) is 11.3 Å². The first-order valence-electron chi connectivity index (χ1n) is 8.94. The van der Waals surface area contributed by atoms with E-state index < -0.39 is 17.8 Å². The molecule has 3 atom stereocenters. The number of carbonyl (C=O) groups is 1. The van der Waals surface area contributed by atoms with Crippen LogP contribution in [0.3, 0.4) is 0 Å². The van der Waals surface area contributed by atoms with Crippen LogP contribution < -0.4 is 10.1 Å². The summed E-state index contributed by atoms with van der Waals surface area (Å²) in [5.74, 6) is -3.75. The van der Waals surface area contributed by atoms with Crippen molar-refractivity contribution in [2.24, 2.45) is 11.8 Å². The Kier molecular flexibility index (Phi) is 6.81. The molecule has 2 amide bonds. The number of hydrogen-bond donors (Lipinski definition) is 1. The zero-order valence-corrected chi connectivity index (χ0v) is 15.8. The predicted octanol–water partition coefficient (Wildman–Crippen LogP) is 3.71. The first-order chi connectivity index (χ1) is 12.3.